The summed E-state index contributed by atoms with van der Waals surface area (Å²) in [5.41, 5.74) is 3.08. The van der Waals surface area contributed by atoms with Gasteiger partial charge in [-0.15, -0.1) is 6.58 Å². The highest BCUT2D eigenvalue weighted by Crippen LogP contribution is 1.93. The largest absolute Gasteiger partial charge is 0.310 e. The van der Waals surface area contributed by atoms with E-state index in [9.17, 15) is 0 Å². The normalized spacial score (nSPS) is 8.04. The van der Waals surface area contributed by atoms with Crippen LogP contribution in [0.4, 0.5) is 0 Å². The first-order valence-electron chi connectivity index (χ1n) is 9.42. The minimum absolute atomic E-state index is 0.667. The third-order valence-corrected chi connectivity index (χ3v) is 1.30. The second-order valence-corrected chi connectivity index (χ2v) is 4.80. The highest BCUT2D eigenvalue weighted by atomic mass is 14.3. The zero-order valence-electron chi connectivity index (χ0n) is 19.4. The summed E-state index contributed by atoms with van der Waals surface area (Å²) in [6.45, 7) is 32.6. The Balaban J connectivity index is -0.0000000473. The molecule has 150 valence electrons. The summed E-state index contributed by atoms with van der Waals surface area (Å²) in [6.07, 6.45) is 11.9. The Morgan fingerprint density at radius 2 is 1.24 bits per heavy atom. The maximum Gasteiger partial charge on any atom is 0.00272 e. The van der Waals surface area contributed by atoms with Gasteiger partial charge in [0.05, 0.1) is 0 Å². The van der Waals surface area contributed by atoms with Crippen molar-refractivity contribution in [3.63, 3.8) is 0 Å². The SMILES string of the molecule is C=C/C=C(C)\C=C/C.C=CCC(=C)C.CC.CC.CC(C)=N.CCC. The zero-order chi connectivity index (χ0) is 21.7. The van der Waals surface area contributed by atoms with Gasteiger partial charge in [0.1, 0.15) is 0 Å². The van der Waals surface area contributed by atoms with Gasteiger partial charge in [0, 0.05) is 5.71 Å². The number of rotatable bonds is 4. The summed E-state index contributed by atoms with van der Waals surface area (Å²) in [5, 5.41) is 6.50. The van der Waals surface area contributed by atoms with E-state index in [0.717, 1.165) is 6.42 Å². The van der Waals surface area contributed by atoms with E-state index in [1.807, 2.05) is 72.8 Å². The van der Waals surface area contributed by atoms with Gasteiger partial charge in [0.25, 0.3) is 0 Å². The summed E-state index contributed by atoms with van der Waals surface area (Å²) < 4.78 is 0. The van der Waals surface area contributed by atoms with E-state index in [1.165, 1.54) is 17.6 Å². The monoisotopic (exact) mass is 351 g/mol. The Morgan fingerprint density at radius 3 is 1.36 bits per heavy atom. The lowest BCUT2D eigenvalue weighted by atomic mass is 10.2. The van der Waals surface area contributed by atoms with Gasteiger partial charge in [-0.2, -0.15) is 0 Å². The molecule has 0 aliphatic rings. The average Bonchev–Trinajstić information content (AvgIpc) is 2.52. The second kappa shape index (κ2) is 49.5. The summed E-state index contributed by atoms with van der Waals surface area (Å²) in [5.74, 6) is 0. The molecule has 0 aromatic rings. The quantitative estimate of drug-likeness (QED) is 0.296. The Morgan fingerprint density at radius 1 is 0.920 bits per heavy atom. The van der Waals surface area contributed by atoms with E-state index in [1.54, 1.807) is 19.9 Å². The van der Waals surface area contributed by atoms with Crippen LogP contribution in [0.1, 0.15) is 89.0 Å². The Kier molecular flexibility index (Phi) is 76.7. The fraction of sp³-hybridized carbons (Fsp3) is 0.542. The molecule has 0 aliphatic heterocycles. The molecule has 0 rings (SSSR count). The van der Waals surface area contributed by atoms with E-state index < -0.39 is 0 Å². The Labute approximate surface area is 161 Å². The minimum atomic E-state index is 0.667. The van der Waals surface area contributed by atoms with Gasteiger partial charge in [-0.3, -0.25) is 0 Å². The molecule has 1 nitrogen and oxygen atoms in total. The molecule has 0 radical (unpaired) electrons. The van der Waals surface area contributed by atoms with Gasteiger partial charge in [-0.25, -0.2) is 0 Å². The van der Waals surface area contributed by atoms with Crippen LogP contribution in [0, 0.1) is 5.41 Å². The molecule has 1 N–H and O–H groups in total. The summed E-state index contributed by atoms with van der Waals surface area (Å²) >= 11 is 0. The van der Waals surface area contributed by atoms with Crippen LogP contribution < -0.4 is 0 Å². The van der Waals surface area contributed by atoms with Crippen molar-refractivity contribution in [2.45, 2.75) is 89.0 Å². The van der Waals surface area contributed by atoms with Crippen molar-refractivity contribution in [2.24, 2.45) is 0 Å². The van der Waals surface area contributed by atoms with Gasteiger partial charge >= 0.3 is 0 Å². The predicted octanol–water partition coefficient (Wildman–Crippen LogP) is 9.35. The zero-order valence-corrected chi connectivity index (χ0v) is 19.4. The number of nitrogens with one attached hydrogen (secondary N) is 1. The molecule has 0 atom stereocenters. The van der Waals surface area contributed by atoms with Crippen molar-refractivity contribution < 1.29 is 0 Å². The van der Waals surface area contributed by atoms with Gasteiger partial charge in [-0.05, 0) is 41.0 Å². The van der Waals surface area contributed by atoms with E-state index in [4.69, 9.17) is 5.41 Å². The Bertz CT molecular complexity index is 313. The van der Waals surface area contributed by atoms with Gasteiger partial charge < -0.3 is 5.41 Å². The molecular weight excluding hydrogens is 302 g/mol. The molecule has 1 heteroatoms. The lowest BCUT2D eigenvalue weighted by molar-refractivity contribution is 1.09. The van der Waals surface area contributed by atoms with Crippen LogP contribution in [0.3, 0.4) is 0 Å². The smallest absolute Gasteiger partial charge is 0.00272 e. The van der Waals surface area contributed by atoms with Crippen molar-refractivity contribution in [3.05, 3.63) is 61.3 Å². The van der Waals surface area contributed by atoms with Crippen LogP contribution in [0.15, 0.2) is 61.3 Å². The molecule has 0 unspecified atom stereocenters. The van der Waals surface area contributed by atoms with Crippen LogP contribution >= 0.6 is 0 Å². The van der Waals surface area contributed by atoms with Crippen molar-refractivity contribution in [1.29, 1.82) is 5.41 Å². The molecule has 0 fully saturated rings. The van der Waals surface area contributed by atoms with E-state index in [0.29, 0.717) is 5.71 Å². The van der Waals surface area contributed by atoms with Crippen LogP contribution in [-0.2, 0) is 0 Å². The van der Waals surface area contributed by atoms with E-state index >= 15 is 0 Å². The number of hydrogen-bond donors (Lipinski definition) is 1. The van der Waals surface area contributed by atoms with E-state index in [2.05, 4.69) is 33.6 Å². The molecule has 0 spiro atoms. The van der Waals surface area contributed by atoms with E-state index in [-0.39, 0.29) is 0 Å². The fourth-order valence-electron chi connectivity index (χ4n) is 0.751. The van der Waals surface area contributed by atoms with Crippen molar-refractivity contribution in [1.82, 2.24) is 0 Å². The Hall–Kier alpha value is -1.63. The standard InChI is InChI=1S/C8H12.C6H10.C3H7N.C3H8.2C2H6/c1-4-6-8(3)7-5-2;1-4-5-6(2)3;1-3(2)4;1-3-2;2*1-2/h4-7H,1H2,2-3H3;4H,1-2,5H2,3H3;4H,1-2H3;3H2,1-2H3;2*1-2H3/b7-5-,8-6-;;;;;. The minimum Gasteiger partial charge on any atom is -0.310 e. The third-order valence-electron chi connectivity index (χ3n) is 1.30. The molecule has 0 saturated carbocycles. The predicted molar refractivity (Wildman–Crippen MR) is 126 cm³/mol. The molecule has 25 heavy (non-hydrogen) atoms. The third kappa shape index (κ3) is 171. The molecule has 0 saturated heterocycles. The molecular formula is C24H49N. The first kappa shape index (κ1) is 38.8. The summed E-state index contributed by atoms with van der Waals surface area (Å²) in [7, 11) is 0. The van der Waals surface area contributed by atoms with Crippen LogP contribution in [0.5, 0.6) is 0 Å². The highest BCUT2D eigenvalue weighted by molar-refractivity contribution is 5.75. The molecule has 0 bridgehead atoms. The van der Waals surface area contributed by atoms with Gasteiger partial charge in [-0.1, -0.05) is 103 Å². The van der Waals surface area contributed by atoms with Crippen LogP contribution in [0.25, 0.3) is 0 Å². The number of hydrogen-bond acceptors (Lipinski definition) is 1. The second-order valence-electron chi connectivity index (χ2n) is 4.80. The van der Waals surface area contributed by atoms with Crippen molar-refractivity contribution in [2.75, 3.05) is 0 Å². The maximum absolute atomic E-state index is 6.50. The van der Waals surface area contributed by atoms with Crippen molar-refractivity contribution >= 4 is 5.71 Å². The molecule has 0 aromatic heterocycles. The maximum atomic E-state index is 6.50. The van der Waals surface area contributed by atoms with Gasteiger partial charge in [0.15, 0.2) is 0 Å². The van der Waals surface area contributed by atoms with Crippen molar-refractivity contribution in [3.8, 4) is 0 Å². The van der Waals surface area contributed by atoms with Crippen LogP contribution in [0.2, 0.25) is 0 Å². The average molecular weight is 352 g/mol. The molecule has 0 amide bonds. The van der Waals surface area contributed by atoms with Crippen LogP contribution in [-0.4, -0.2) is 5.71 Å². The summed E-state index contributed by atoms with van der Waals surface area (Å²) in [4.78, 5) is 0. The summed E-state index contributed by atoms with van der Waals surface area (Å²) in [6, 6.07) is 0. The topological polar surface area (TPSA) is 23.9 Å². The molecule has 0 aliphatic carbocycles. The molecule has 0 aromatic carbocycles. The fourth-order valence-corrected chi connectivity index (χ4v) is 0.751. The molecule has 0 heterocycles. The lowest BCUT2D eigenvalue weighted by Gasteiger charge is -1.82. The highest BCUT2D eigenvalue weighted by Gasteiger charge is 1.72. The number of allylic oxidation sites excluding steroid dienone is 7. The first-order valence-corrected chi connectivity index (χ1v) is 9.42. The first-order chi connectivity index (χ1) is 11.7. The lowest BCUT2D eigenvalue weighted by Crippen LogP contribution is -1.67. The van der Waals surface area contributed by atoms with Gasteiger partial charge in [0.2, 0.25) is 0 Å².